The van der Waals surface area contributed by atoms with Gasteiger partial charge in [-0.1, -0.05) is 50.3 Å². The second-order valence-corrected chi connectivity index (χ2v) is 4.51. The van der Waals surface area contributed by atoms with Crippen molar-refractivity contribution in [3.63, 3.8) is 0 Å². The lowest BCUT2D eigenvalue weighted by atomic mass is 9.70. The van der Waals surface area contributed by atoms with Crippen LogP contribution in [0, 0.1) is 5.92 Å². The fourth-order valence-electron chi connectivity index (χ4n) is 2.12. The Bertz CT molecular complexity index is 340. The molecule has 0 radical (unpaired) electrons. The highest BCUT2D eigenvalue weighted by Crippen LogP contribution is 2.35. The van der Waals surface area contributed by atoms with E-state index in [-0.39, 0.29) is 5.41 Å². The zero-order valence-electron chi connectivity index (χ0n) is 10.1. The smallest absolute Gasteiger partial charge is 0.130 e. The Labute approximate surface area is 98.2 Å². The zero-order chi connectivity index (χ0) is 12.0. The predicted octanol–water partition coefficient (Wildman–Crippen LogP) is 3.75. The highest BCUT2D eigenvalue weighted by molar-refractivity contribution is 5.69. The van der Waals surface area contributed by atoms with E-state index in [0.717, 1.165) is 24.7 Å². The lowest BCUT2D eigenvalue weighted by Crippen LogP contribution is -2.34. The van der Waals surface area contributed by atoms with Crippen LogP contribution in [-0.4, -0.2) is 6.29 Å². The summed E-state index contributed by atoms with van der Waals surface area (Å²) in [4.78, 5) is 11.5. The van der Waals surface area contributed by atoms with Crippen LogP contribution in [-0.2, 0) is 10.2 Å². The first-order valence-electron chi connectivity index (χ1n) is 5.80. The Morgan fingerprint density at radius 1 is 1.31 bits per heavy atom. The monoisotopic (exact) mass is 216 g/mol. The van der Waals surface area contributed by atoms with Crippen LogP contribution >= 0.6 is 0 Å². The minimum atomic E-state index is -0.366. The van der Waals surface area contributed by atoms with Crippen molar-refractivity contribution in [1.29, 1.82) is 0 Å². The topological polar surface area (TPSA) is 17.1 Å². The van der Waals surface area contributed by atoms with E-state index >= 15 is 0 Å². The Hall–Kier alpha value is -1.37. The van der Waals surface area contributed by atoms with Crippen LogP contribution < -0.4 is 0 Å². The molecule has 0 heterocycles. The number of benzene rings is 1. The van der Waals surface area contributed by atoms with Gasteiger partial charge in [-0.25, -0.2) is 0 Å². The molecule has 1 heteroatoms. The van der Waals surface area contributed by atoms with Crippen molar-refractivity contribution in [2.24, 2.45) is 5.92 Å². The number of rotatable bonds is 6. The molecule has 0 aliphatic heterocycles. The van der Waals surface area contributed by atoms with Gasteiger partial charge in [-0.15, -0.1) is 6.58 Å². The van der Waals surface area contributed by atoms with E-state index in [2.05, 4.69) is 20.4 Å². The summed E-state index contributed by atoms with van der Waals surface area (Å²) in [7, 11) is 0. The van der Waals surface area contributed by atoms with Crippen LogP contribution in [0.25, 0.3) is 0 Å². The molecule has 0 spiro atoms. The van der Waals surface area contributed by atoms with Gasteiger partial charge >= 0.3 is 0 Å². The third-order valence-corrected chi connectivity index (χ3v) is 3.31. The van der Waals surface area contributed by atoms with E-state index in [0.29, 0.717) is 5.92 Å². The third kappa shape index (κ3) is 2.41. The van der Waals surface area contributed by atoms with Gasteiger partial charge in [-0.05, 0) is 24.3 Å². The molecule has 0 saturated heterocycles. The van der Waals surface area contributed by atoms with Crippen LogP contribution in [0.15, 0.2) is 43.0 Å². The largest absolute Gasteiger partial charge is 0.302 e. The molecule has 0 amide bonds. The van der Waals surface area contributed by atoms with Crippen LogP contribution in [0.4, 0.5) is 0 Å². The molecule has 0 N–H and O–H groups in total. The summed E-state index contributed by atoms with van der Waals surface area (Å²) < 4.78 is 0. The average molecular weight is 216 g/mol. The predicted molar refractivity (Wildman–Crippen MR) is 68.5 cm³/mol. The lowest BCUT2D eigenvalue weighted by Gasteiger charge is -2.32. The Balaban J connectivity index is 3.12. The molecule has 0 aliphatic carbocycles. The summed E-state index contributed by atoms with van der Waals surface area (Å²) in [6.07, 6.45) is 4.69. The fraction of sp³-hybridized carbons (Fsp3) is 0.400. The fourth-order valence-corrected chi connectivity index (χ4v) is 2.12. The number of hydrogen-bond donors (Lipinski definition) is 0. The zero-order valence-corrected chi connectivity index (χ0v) is 10.1. The molecule has 0 aliphatic rings. The van der Waals surface area contributed by atoms with E-state index in [1.165, 1.54) is 0 Å². The van der Waals surface area contributed by atoms with Gasteiger partial charge < -0.3 is 4.79 Å². The number of carbonyl (C=O) groups excluding carboxylic acids is 1. The molecular formula is C15H20O. The van der Waals surface area contributed by atoms with E-state index < -0.39 is 0 Å². The molecule has 1 nitrogen and oxygen atoms in total. The molecule has 0 fully saturated rings. The highest BCUT2D eigenvalue weighted by atomic mass is 16.1. The summed E-state index contributed by atoms with van der Waals surface area (Å²) in [5, 5.41) is 0. The average Bonchev–Trinajstić information content (AvgIpc) is 2.31. The van der Waals surface area contributed by atoms with E-state index in [1.54, 1.807) is 0 Å². The van der Waals surface area contributed by atoms with Crippen LogP contribution in [0.5, 0.6) is 0 Å². The van der Waals surface area contributed by atoms with Crippen molar-refractivity contribution >= 4 is 6.29 Å². The molecule has 1 aromatic carbocycles. The first-order chi connectivity index (χ1) is 7.67. The van der Waals surface area contributed by atoms with Gasteiger partial charge in [-0.2, -0.15) is 0 Å². The summed E-state index contributed by atoms with van der Waals surface area (Å²) in [6, 6.07) is 10.0. The molecular weight excluding hydrogens is 196 g/mol. The van der Waals surface area contributed by atoms with Gasteiger partial charge in [0, 0.05) is 0 Å². The molecule has 0 aromatic heterocycles. The van der Waals surface area contributed by atoms with E-state index in [9.17, 15) is 4.79 Å². The first kappa shape index (κ1) is 12.7. The molecule has 0 saturated carbocycles. The van der Waals surface area contributed by atoms with Crippen molar-refractivity contribution in [3.05, 3.63) is 48.6 Å². The van der Waals surface area contributed by atoms with Gasteiger partial charge in [-0.3, -0.25) is 0 Å². The minimum absolute atomic E-state index is 0.298. The Morgan fingerprint density at radius 2 is 1.94 bits per heavy atom. The summed E-state index contributed by atoms with van der Waals surface area (Å²) >= 11 is 0. The van der Waals surface area contributed by atoms with Crippen molar-refractivity contribution < 1.29 is 4.79 Å². The Kier molecular flexibility index (Phi) is 4.48. The van der Waals surface area contributed by atoms with E-state index in [4.69, 9.17) is 0 Å². The highest BCUT2D eigenvalue weighted by Gasteiger charge is 2.34. The van der Waals surface area contributed by atoms with Gasteiger partial charge in [0.05, 0.1) is 5.41 Å². The molecule has 1 aromatic rings. The normalized spacial score (nSPS) is 14.4. The lowest BCUT2D eigenvalue weighted by molar-refractivity contribution is -0.114. The number of aldehydes is 1. The number of allylic oxidation sites excluding steroid dienone is 1. The number of carbonyl (C=O) groups is 1. The standard InChI is InChI=1S/C15H20O/c1-4-5-11-15(12-16,13(2)3)14-9-7-6-8-10-14/h4,6-10,12-13H,1,5,11H2,2-3H3. The summed E-state index contributed by atoms with van der Waals surface area (Å²) in [6.45, 7) is 7.94. The Morgan fingerprint density at radius 3 is 2.38 bits per heavy atom. The minimum Gasteiger partial charge on any atom is -0.302 e. The van der Waals surface area contributed by atoms with Crippen LogP contribution in [0.2, 0.25) is 0 Å². The van der Waals surface area contributed by atoms with Crippen LogP contribution in [0.3, 0.4) is 0 Å². The maximum Gasteiger partial charge on any atom is 0.130 e. The summed E-state index contributed by atoms with van der Waals surface area (Å²) in [5.74, 6) is 0.298. The quantitative estimate of drug-likeness (QED) is 0.523. The van der Waals surface area contributed by atoms with Crippen molar-refractivity contribution in [1.82, 2.24) is 0 Å². The van der Waals surface area contributed by atoms with Crippen LogP contribution in [0.1, 0.15) is 32.3 Å². The van der Waals surface area contributed by atoms with E-state index in [1.807, 2.05) is 36.4 Å². The SMILES string of the molecule is C=CCCC(C=O)(c1ccccc1)C(C)C. The maximum absolute atomic E-state index is 11.5. The molecule has 16 heavy (non-hydrogen) atoms. The molecule has 0 bridgehead atoms. The second kappa shape index (κ2) is 5.64. The van der Waals surface area contributed by atoms with Gasteiger partial charge in [0.25, 0.3) is 0 Å². The van der Waals surface area contributed by atoms with Gasteiger partial charge in [0.2, 0.25) is 0 Å². The first-order valence-corrected chi connectivity index (χ1v) is 5.80. The molecule has 86 valence electrons. The molecule has 1 rings (SSSR count). The van der Waals surface area contributed by atoms with Gasteiger partial charge in [0.1, 0.15) is 6.29 Å². The maximum atomic E-state index is 11.5. The molecule has 1 unspecified atom stereocenters. The van der Waals surface area contributed by atoms with Crippen molar-refractivity contribution in [2.45, 2.75) is 32.1 Å². The van der Waals surface area contributed by atoms with Crippen molar-refractivity contribution in [2.75, 3.05) is 0 Å². The molecule has 1 atom stereocenters. The third-order valence-electron chi connectivity index (χ3n) is 3.31. The second-order valence-electron chi connectivity index (χ2n) is 4.51. The van der Waals surface area contributed by atoms with Crippen molar-refractivity contribution in [3.8, 4) is 0 Å². The number of hydrogen-bond acceptors (Lipinski definition) is 1. The van der Waals surface area contributed by atoms with Gasteiger partial charge in [0.15, 0.2) is 0 Å². The summed E-state index contributed by atoms with van der Waals surface area (Å²) in [5.41, 5.74) is 0.747.